The first-order chi connectivity index (χ1) is 24.2. The Kier molecular flexibility index (Phi) is 36.0. The lowest BCUT2D eigenvalue weighted by molar-refractivity contribution is -0.167. The van der Waals surface area contributed by atoms with Gasteiger partial charge in [-0.1, -0.05) is 195 Å². The molecule has 6 nitrogen and oxygen atoms in total. The van der Waals surface area contributed by atoms with E-state index in [1.165, 1.54) is 122 Å². The van der Waals surface area contributed by atoms with Crippen molar-refractivity contribution in [3.05, 3.63) is 0 Å². The minimum absolute atomic E-state index is 0.0663. The highest BCUT2D eigenvalue weighted by Gasteiger charge is 2.19. The second-order valence-electron chi connectivity index (χ2n) is 15.9. The Morgan fingerprint density at radius 2 is 0.660 bits per heavy atom. The number of unbranched alkanes of at least 4 members (excludes halogenated alkanes) is 23. The van der Waals surface area contributed by atoms with Crippen LogP contribution in [0.4, 0.5) is 0 Å². The van der Waals surface area contributed by atoms with Crippen LogP contribution in [0.2, 0.25) is 0 Å². The Labute approximate surface area is 310 Å². The summed E-state index contributed by atoms with van der Waals surface area (Å²) >= 11 is 0. The van der Waals surface area contributed by atoms with Gasteiger partial charge in [-0.15, -0.1) is 0 Å². The van der Waals surface area contributed by atoms with Crippen molar-refractivity contribution in [2.45, 2.75) is 240 Å². The van der Waals surface area contributed by atoms with Gasteiger partial charge in [-0.05, 0) is 31.1 Å². The fourth-order valence-electron chi connectivity index (χ4n) is 6.40. The van der Waals surface area contributed by atoms with Gasteiger partial charge in [-0.2, -0.15) is 0 Å². The first-order valence-electron chi connectivity index (χ1n) is 21.7. The topological polar surface area (TPSA) is 78.9 Å². The lowest BCUT2D eigenvalue weighted by atomic mass is 10.0. The number of rotatable bonds is 38. The zero-order valence-electron chi connectivity index (χ0n) is 34.0. The Morgan fingerprint density at radius 1 is 0.380 bits per heavy atom. The molecule has 0 saturated heterocycles. The van der Waals surface area contributed by atoms with E-state index >= 15 is 0 Å². The summed E-state index contributed by atoms with van der Waals surface area (Å²) in [5, 5.41) is 0. The van der Waals surface area contributed by atoms with Gasteiger partial charge in [0.25, 0.3) is 0 Å². The highest BCUT2D eigenvalue weighted by molar-refractivity contribution is 5.71. The van der Waals surface area contributed by atoms with E-state index in [0.29, 0.717) is 19.3 Å². The second-order valence-corrected chi connectivity index (χ2v) is 15.9. The van der Waals surface area contributed by atoms with Gasteiger partial charge in [-0.25, -0.2) is 0 Å². The maximum absolute atomic E-state index is 12.6. The van der Waals surface area contributed by atoms with Crippen LogP contribution < -0.4 is 0 Å². The molecule has 296 valence electrons. The molecule has 0 saturated carbocycles. The maximum atomic E-state index is 12.6. The third-order valence-electron chi connectivity index (χ3n) is 9.72. The molecule has 0 aromatic heterocycles. The minimum atomic E-state index is -0.759. The molecular weight excluding hydrogens is 624 g/mol. The van der Waals surface area contributed by atoms with Crippen LogP contribution in [0.5, 0.6) is 0 Å². The molecule has 1 atom stereocenters. The van der Waals surface area contributed by atoms with Gasteiger partial charge in [0.15, 0.2) is 6.10 Å². The molecule has 0 spiro atoms. The molecule has 0 unspecified atom stereocenters. The molecule has 0 aliphatic rings. The summed E-state index contributed by atoms with van der Waals surface area (Å²) in [6.07, 6.45) is 34.0. The molecule has 0 heterocycles. The molecule has 6 heteroatoms. The predicted molar refractivity (Wildman–Crippen MR) is 210 cm³/mol. The molecule has 0 amide bonds. The summed E-state index contributed by atoms with van der Waals surface area (Å²) in [6.45, 7) is 11.2. The van der Waals surface area contributed by atoms with E-state index in [0.717, 1.165) is 69.6 Å². The van der Waals surface area contributed by atoms with Crippen LogP contribution in [0.1, 0.15) is 234 Å². The van der Waals surface area contributed by atoms with E-state index in [4.69, 9.17) is 14.2 Å². The summed E-state index contributed by atoms with van der Waals surface area (Å²) in [6, 6.07) is 0. The van der Waals surface area contributed by atoms with Gasteiger partial charge >= 0.3 is 17.9 Å². The second kappa shape index (κ2) is 37.2. The van der Waals surface area contributed by atoms with Crippen LogP contribution in [0, 0.1) is 11.8 Å². The van der Waals surface area contributed by atoms with Crippen molar-refractivity contribution in [3.8, 4) is 0 Å². The van der Waals surface area contributed by atoms with Gasteiger partial charge in [0, 0.05) is 19.3 Å². The highest BCUT2D eigenvalue weighted by Crippen LogP contribution is 2.16. The zero-order chi connectivity index (χ0) is 36.9. The summed E-state index contributed by atoms with van der Waals surface area (Å²) < 4.78 is 16.6. The number of hydrogen-bond donors (Lipinski definition) is 0. The average Bonchev–Trinajstić information content (AvgIpc) is 3.08. The van der Waals surface area contributed by atoms with Crippen LogP contribution >= 0.6 is 0 Å². The molecule has 0 aromatic rings. The van der Waals surface area contributed by atoms with Crippen molar-refractivity contribution in [1.82, 2.24) is 0 Å². The molecule has 50 heavy (non-hydrogen) atoms. The summed E-state index contributed by atoms with van der Waals surface area (Å²) in [7, 11) is 0. The molecule has 0 radical (unpaired) electrons. The normalized spacial score (nSPS) is 12.1. The van der Waals surface area contributed by atoms with Gasteiger partial charge in [0.05, 0.1) is 0 Å². The predicted octanol–water partition coefficient (Wildman–Crippen LogP) is 13.4. The van der Waals surface area contributed by atoms with Crippen molar-refractivity contribution in [2.24, 2.45) is 11.8 Å². The fourth-order valence-corrected chi connectivity index (χ4v) is 6.40. The monoisotopic (exact) mass is 709 g/mol. The average molecular weight is 709 g/mol. The number of carbonyl (C=O) groups excluding carboxylic acids is 3. The van der Waals surface area contributed by atoms with Crippen LogP contribution in [-0.2, 0) is 28.6 Å². The number of esters is 3. The minimum Gasteiger partial charge on any atom is -0.462 e. The van der Waals surface area contributed by atoms with E-state index in [1.54, 1.807) is 0 Å². The molecule has 0 N–H and O–H groups in total. The van der Waals surface area contributed by atoms with Crippen LogP contribution in [0.15, 0.2) is 0 Å². The van der Waals surface area contributed by atoms with E-state index in [9.17, 15) is 14.4 Å². The summed E-state index contributed by atoms with van der Waals surface area (Å²) in [5.41, 5.74) is 0. The highest BCUT2D eigenvalue weighted by atomic mass is 16.6. The lowest BCUT2D eigenvalue weighted by Crippen LogP contribution is -2.30. The van der Waals surface area contributed by atoms with Crippen LogP contribution in [0.25, 0.3) is 0 Å². The van der Waals surface area contributed by atoms with Crippen molar-refractivity contribution < 1.29 is 28.6 Å². The number of carbonyl (C=O) groups is 3. The Bertz CT molecular complexity index is 764. The third-order valence-corrected chi connectivity index (χ3v) is 9.72. The van der Waals surface area contributed by atoms with Gasteiger partial charge in [0.1, 0.15) is 13.2 Å². The van der Waals surface area contributed by atoms with Crippen molar-refractivity contribution in [1.29, 1.82) is 0 Å². The van der Waals surface area contributed by atoms with E-state index in [2.05, 4.69) is 34.6 Å². The van der Waals surface area contributed by atoms with Crippen LogP contribution in [-0.4, -0.2) is 37.2 Å². The van der Waals surface area contributed by atoms with Crippen molar-refractivity contribution in [2.75, 3.05) is 13.2 Å². The van der Waals surface area contributed by atoms with Gasteiger partial charge < -0.3 is 14.2 Å². The first kappa shape index (κ1) is 48.4. The number of ether oxygens (including phenoxy) is 3. The Balaban J connectivity index is 4.21. The molecule has 0 aliphatic heterocycles. The van der Waals surface area contributed by atoms with Crippen molar-refractivity contribution in [3.63, 3.8) is 0 Å². The molecule has 0 aliphatic carbocycles. The SMILES string of the molecule is CCCCCCCCCC(=O)O[C@@H](COC(=O)CCCCCCCCCCCCCCCC(C)C)COC(=O)CCCCCCCCC(C)C. The third kappa shape index (κ3) is 37.7. The quantitative estimate of drug-likeness (QED) is 0.0361. The molecule has 0 aromatic carbocycles. The van der Waals surface area contributed by atoms with Gasteiger partial charge in [-0.3, -0.25) is 14.4 Å². The summed E-state index contributed by atoms with van der Waals surface area (Å²) in [5.74, 6) is 0.732. The van der Waals surface area contributed by atoms with Crippen LogP contribution in [0.3, 0.4) is 0 Å². The molecule has 0 bridgehead atoms. The standard InChI is InChI=1S/C44H84O6/c1-6-7-8-9-17-26-31-36-44(47)50-41(38-49-43(46)35-30-25-21-20-23-28-33-40(4)5)37-48-42(45)34-29-24-19-16-14-12-10-11-13-15-18-22-27-32-39(2)3/h39-41H,6-38H2,1-5H3/t41-/m0/s1. The first-order valence-corrected chi connectivity index (χ1v) is 21.7. The van der Waals surface area contributed by atoms with Crippen molar-refractivity contribution >= 4 is 17.9 Å². The lowest BCUT2D eigenvalue weighted by Gasteiger charge is -2.18. The molecule has 0 rings (SSSR count). The van der Waals surface area contributed by atoms with E-state index in [-0.39, 0.29) is 31.1 Å². The van der Waals surface area contributed by atoms with E-state index < -0.39 is 6.10 Å². The smallest absolute Gasteiger partial charge is 0.306 e. The Morgan fingerprint density at radius 3 is 0.980 bits per heavy atom. The maximum Gasteiger partial charge on any atom is 0.306 e. The zero-order valence-corrected chi connectivity index (χ0v) is 34.0. The Hall–Kier alpha value is -1.59. The molecule has 0 fully saturated rings. The largest absolute Gasteiger partial charge is 0.462 e. The molecular formula is C44H84O6. The van der Waals surface area contributed by atoms with Gasteiger partial charge in [0.2, 0.25) is 0 Å². The number of hydrogen-bond acceptors (Lipinski definition) is 6. The summed E-state index contributed by atoms with van der Waals surface area (Å²) in [4.78, 5) is 37.4. The fraction of sp³-hybridized carbons (Fsp3) is 0.932. The van der Waals surface area contributed by atoms with E-state index in [1.807, 2.05) is 0 Å².